The van der Waals surface area contributed by atoms with Gasteiger partial charge in [0.25, 0.3) is 0 Å². The van der Waals surface area contributed by atoms with Gasteiger partial charge in [-0.2, -0.15) is 5.26 Å². The van der Waals surface area contributed by atoms with Crippen molar-refractivity contribution in [2.75, 3.05) is 13.1 Å². The molecule has 3 nitrogen and oxygen atoms in total. The lowest BCUT2D eigenvalue weighted by atomic mass is 9.97. The van der Waals surface area contributed by atoms with E-state index in [-0.39, 0.29) is 6.04 Å². The number of thiazole rings is 1. The molecule has 0 N–H and O–H groups in total. The van der Waals surface area contributed by atoms with E-state index in [1.165, 1.54) is 16.1 Å². The van der Waals surface area contributed by atoms with Crippen molar-refractivity contribution in [3.63, 3.8) is 0 Å². The molecule has 1 aliphatic heterocycles. The van der Waals surface area contributed by atoms with Crippen LogP contribution in [0.3, 0.4) is 0 Å². The van der Waals surface area contributed by atoms with Gasteiger partial charge in [0, 0.05) is 12.5 Å². The average Bonchev–Trinajstić information content (AvgIpc) is 2.90. The van der Waals surface area contributed by atoms with Crippen molar-refractivity contribution in [1.29, 1.82) is 5.26 Å². The van der Waals surface area contributed by atoms with E-state index in [9.17, 15) is 0 Å². The van der Waals surface area contributed by atoms with Crippen LogP contribution in [0.25, 0.3) is 10.2 Å². The molecule has 0 saturated carbocycles. The molecular weight excluding hydrogens is 254 g/mol. The van der Waals surface area contributed by atoms with E-state index >= 15 is 0 Å². The first kappa shape index (κ1) is 12.6. The highest BCUT2D eigenvalue weighted by Crippen LogP contribution is 2.33. The molecule has 0 radical (unpaired) electrons. The Balaban J connectivity index is 1.83. The van der Waals surface area contributed by atoms with Crippen LogP contribution in [0, 0.1) is 11.3 Å². The fourth-order valence-corrected chi connectivity index (χ4v) is 3.80. The highest BCUT2D eigenvalue weighted by molar-refractivity contribution is 7.18. The molecule has 0 unspecified atom stereocenters. The molecule has 0 bridgehead atoms. The average molecular weight is 271 g/mol. The molecule has 19 heavy (non-hydrogen) atoms. The Kier molecular flexibility index (Phi) is 3.50. The Morgan fingerprint density at radius 2 is 2.32 bits per heavy atom. The Hall–Kier alpha value is -1.44. The van der Waals surface area contributed by atoms with Gasteiger partial charge >= 0.3 is 0 Å². The summed E-state index contributed by atoms with van der Waals surface area (Å²) in [5.74, 6) is 0.488. The molecule has 2 aromatic rings. The summed E-state index contributed by atoms with van der Waals surface area (Å²) < 4.78 is 1.27. The Bertz CT molecular complexity index is 580. The monoisotopic (exact) mass is 271 g/mol. The van der Waals surface area contributed by atoms with Crippen molar-refractivity contribution in [3.05, 3.63) is 29.3 Å². The van der Waals surface area contributed by atoms with Crippen LogP contribution in [0.4, 0.5) is 0 Å². The minimum Gasteiger partial charge on any atom is -0.288 e. The van der Waals surface area contributed by atoms with Crippen molar-refractivity contribution in [1.82, 2.24) is 9.88 Å². The van der Waals surface area contributed by atoms with Gasteiger partial charge in [-0.3, -0.25) is 4.90 Å². The van der Waals surface area contributed by atoms with Crippen molar-refractivity contribution in [3.8, 4) is 6.07 Å². The zero-order valence-corrected chi connectivity index (χ0v) is 11.9. The number of hydrogen-bond acceptors (Lipinski definition) is 4. The second-order valence-electron chi connectivity index (χ2n) is 5.16. The number of likely N-dealkylation sites (tertiary alicyclic amines) is 1. The van der Waals surface area contributed by atoms with E-state index in [4.69, 9.17) is 10.2 Å². The van der Waals surface area contributed by atoms with E-state index in [0.29, 0.717) is 5.92 Å². The summed E-state index contributed by atoms with van der Waals surface area (Å²) >= 11 is 1.80. The largest absolute Gasteiger partial charge is 0.288 e. The lowest BCUT2D eigenvalue weighted by Crippen LogP contribution is -2.39. The molecule has 4 heteroatoms. The minimum atomic E-state index is 0.0113. The van der Waals surface area contributed by atoms with Crippen LogP contribution < -0.4 is 0 Å². The third kappa shape index (κ3) is 2.49. The fraction of sp³-hybridized carbons (Fsp3) is 0.467. The predicted octanol–water partition coefficient (Wildman–Crippen LogP) is 3.39. The van der Waals surface area contributed by atoms with Gasteiger partial charge in [-0.15, -0.1) is 11.3 Å². The molecule has 1 aromatic carbocycles. The first-order valence-corrected chi connectivity index (χ1v) is 7.58. The van der Waals surface area contributed by atoms with Crippen LogP contribution in [-0.4, -0.2) is 29.0 Å². The molecule has 0 aliphatic carbocycles. The number of nitrogens with zero attached hydrogens (tertiary/aromatic N) is 3. The third-order valence-electron chi connectivity index (χ3n) is 3.85. The van der Waals surface area contributed by atoms with Crippen LogP contribution in [0.1, 0.15) is 30.7 Å². The van der Waals surface area contributed by atoms with Gasteiger partial charge in [0.15, 0.2) is 0 Å². The smallest absolute Gasteiger partial charge is 0.0982 e. The first-order valence-electron chi connectivity index (χ1n) is 6.77. The lowest BCUT2D eigenvalue weighted by molar-refractivity contribution is 0.186. The molecule has 2 heterocycles. The number of para-hydroxylation sites is 1. The maximum Gasteiger partial charge on any atom is 0.0982 e. The Labute approximate surface area is 117 Å². The second kappa shape index (κ2) is 5.28. The normalized spacial score (nSPS) is 22.2. The van der Waals surface area contributed by atoms with Crippen LogP contribution in [0.5, 0.6) is 0 Å². The second-order valence-corrected chi connectivity index (χ2v) is 6.22. The van der Waals surface area contributed by atoms with Crippen molar-refractivity contribution in [2.24, 2.45) is 0 Å². The van der Waals surface area contributed by atoms with Crippen molar-refractivity contribution < 1.29 is 0 Å². The molecule has 3 rings (SSSR count). The maximum atomic E-state index is 9.05. The van der Waals surface area contributed by atoms with Crippen LogP contribution in [0.15, 0.2) is 24.3 Å². The Morgan fingerprint density at radius 3 is 3.11 bits per heavy atom. The maximum absolute atomic E-state index is 9.05. The van der Waals surface area contributed by atoms with Crippen LogP contribution in [0.2, 0.25) is 0 Å². The number of aromatic nitrogens is 1. The molecule has 1 fully saturated rings. The van der Waals surface area contributed by atoms with Crippen molar-refractivity contribution in [2.45, 2.75) is 31.7 Å². The highest BCUT2D eigenvalue weighted by atomic mass is 32.1. The van der Waals surface area contributed by atoms with E-state index in [0.717, 1.165) is 25.0 Å². The van der Waals surface area contributed by atoms with Gasteiger partial charge in [-0.1, -0.05) is 12.1 Å². The summed E-state index contributed by atoms with van der Waals surface area (Å²) in [7, 11) is 0. The summed E-state index contributed by atoms with van der Waals surface area (Å²) in [5.41, 5.74) is 1.10. The molecule has 1 saturated heterocycles. The quantitative estimate of drug-likeness (QED) is 0.840. The van der Waals surface area contributed by atoms with Crippen molar-refractivity contribution >= 4 is 21.6 Å². The van der Waals surface area contributed by atoms with Crippen LogP contribution in [-0.2, 0) is 0 Å². The number of benzene rings is 1. The molecule has 1 aromatic heterocycles. The molecule has 98 valence electrons. The van der Waals surface area contributed by atoms with E-state index in [1.807, 2.05) is 13.0 Å². The summed E-state index contributed by atoms with van der Waals surface area (Å²) in [4.78, 5) is 7.04. The number of fused-ring (bicyclic) bond motifs is 1. The predicted molar refractivity (Wildman–Crippen MR) is 78.2 cm³/mol. The molecule has 1 aliphatic rings. The summed E-state index contributed by atoms with van der Waals surface area (Å²) in [6.45, 7) is 3.99. The SMILES string of the molecule is C[C@@H](C#N)N1CCC[C@H](c2nc3ccccc3s2)C1. The van der Waals surface area contributed by atoms with Crippen LogP contribution >= 0.6 is 11.3 Å². The molecule has 0 amide bonds. The summed E-state index contributed by atoms with van der Waals surface area (Å²) in [5, 5.41) is 10.3. The van der Waals surface area contributed by atoms with E-state index < -0.39 is 0 Å². The minimum absolute atomic E-state index is 0.0113. The zero-order chi connectivity index (χ0) is 13.2. The zero-order valence-electron chi connectivity index (χ0n) is 11.0. The number of piperidine rings is 1. The number of rotatable bonds is 2. The van der Waals surface area contributed by atoms with Gasteiger partial charge in [0.2, 0.25) is 0 Å². The van der Waals surface area contributed by atoms with E-state index in [1.54, 1.807) is 11.3 Å². The van der Waals surface area contributed by atoms with Gasteiger partial charge < -0.3 is 0 Å². The van der Waals surface area contributed by atoms with Gasteiger partial charge in [0.1, 0.15) is 0 Å². The molecule has 0 spiro atoms. The standard InChI is InChI=1S/C15H17N3S/c1-11(9-16)18-8-4-5-12(10-18)15-17-13-6-2-3-7-14(13)19-15/h2-3,6-7,11-12H,4-5,8,10H2,1H3/t11-,12-/m0/s1. The first-order chi connectivity index (χ1) is 9.28. The van der Waals surface area contributed by atoms with Gasteiger partial charge in [-0.05, 0) is 38.4 Å². The highest BCUT2D eigenvalue weighted by Gasteiger charge is 2.26. The summed E-state index contributed by atoms with van der Waals surface area (Å²) in [6, 6.07) is 10.7. The molecular formula is C15H17N3S. The Morgan fingerprint density at radius 1 is 1.47 bits per heavy atom. The number of nitriles is 1. The fourth-order valence-electron chi connectivity index (χ4n) is 2.71. The summed E-state index contributed by atoms with van der Waals surface area (Å²) in [6.07, 6.45) is 2.35. The lowest BCUT2D eigenvalue weighted by Gasteiger charge is -2.33. The third-order valence-corrected chi connectivity index (χ3v) is 5.05. The number of hydrogen-bond donors (Lipinski definition) is 0. The topological polar surface area (TPSA) is 39.9 Å². The molecule has 2 atom stereocenters. The van der Waals surface area contributed by atoms with Gasteiger partial charge in [-0.25, -0.2) is 4.98 Å². The van der Waals surface area contributed by atoms with Gasteiger partial charge in [0.05, 0.1) is 27.3 Å². The van der Waals surface area contributed by atoms with E-state index in [2.05, 4.69) is 29.2 Å².